The summed E-state index contributed by atoms with van der Waals surface area (Å²) < 4.78 is 33.6. The van der Waals surface area contributed by atoms with Gasteiger partial charge >= 0.3 is 0 Å². The lowest BCUT2D eigenvalue weighted by Gasteiger charge is -2.30. The molecule has 3 aromatic carbocycles. The predicted octanol–water partition coefficient (Wildman–Crippen LogP) is 4.67. The van der Waals surface area contributed by atoms with E-state index in [1.165, 1.54) is 16.4 Å². The summed E-state index contributed by atoms with van der Waals surface area (Å²) in [6, 6.07) is 20.7. The number of hydrogen-bond acceptors (Lipinski definition) is 4. The highest BCUT2D eigenvalue weighted by Gasteiger charge is 2.27. The zero-order chi connectivity index (χ0) is 23.4. The van der Waals surface area contributed by atoms with Gasteiger partial charge in [-0.2, -0.15) is 0 Å². The van der Waals surface area contributed by atoms with Gasteiger partial charge in [0.1, 0.15) is 5.75 Å². The molecule has 0 aliphatic carbocycles. The van der Waals surface area contributed by atoms with Crippen LogP contribution in [0.15, 0.2) is 90.3 Å². The van der Waals surface area contributed by atoms with Gasteiger partial charge in [-0.25, -0.2) is 8.42 Å². The number of carbonyl (C=O) groups excluding carboxylic acids is 1. The number of fused-ring (bicyclic) bond motifs is 1. The number of carbonyl (C=O) groups is 1. The largest absolute Gasteiger partial charge is 0.497 e. The first-order chi connectivity index (χ1) is 16.0. The van der Waals surface area contributed by atoms with Gasteiger partial charge in [0.2, 0.25) is 0 Å². The summed E-state index contributed by atoms with van der Waals surface area (Å²) in [7, 11) is -2.28. The number of hydrogen-bond donors (Lipinski definition) is 0. The first-order valence-corrected chi connectivity index (χ1v) is 12.2. The van der Waals surface area contributed by atoms with E-state index in [9.17, 15) is 13.2 Å². The molecule has 0 N–H and O–H groups in total. The van der Waals surface area contributed by atoms with Crippen LogP contribution in [0.5, 0.6) is 5.75 Å². The molecule has 1 aliphatic rings. The second kappa shape index (κ2) is 9.50. The zero-order valence-electron chi connectivity index (χ0n) is 18.5. The van der Waals surface area contributed by atoms with Crippen LogP contribution in [-0.4, -0.2) is 34.5 Å². The zero-order valence-corrected chi connectivity index (χ0v) is 19.3. The SMILES string of the molecule is C=CCN(c1ccccc1)S(=O)(=O)c1cccc(C(=O)N2CCCc3cc(OC)ccc32)c1. The molecule has 0 aromatic heterocycles. The Morgan fingerprint density at radius 1 is 1.09 bits per heavy atom. The molecule has 4 rings (SSSR count). The summed E-state index contributed by atoms with van der Waals surface area (Å²) in [5.74, 6) is 0.521. The molecule has 170 valence electrons. The third kappa shape index (κ3) is 4.50. The molecule has 33 heavy (non-hydrogen) atoms. The third-order valence-corrected chi connectivity index (χ3v) is 7.45. The van der Waals surface area contributed by atoms with Crippen LogP contribution in [0.2, 0.25) is 0 Å². The molecule has 7 heteroatoms. The van der Waals surface area contributed by atoms with Crippen molar-refractivity contribution >= 4 is 27.3 Å². The van der Waals surface area contributed by atoms with E-state index in [1.807, 2.05) is 24.3 Å². The lowest BCUT2D eigenvalue weighted by atomic mass is 10.0. The van der Waals surface area contributed by atoms with Crippen LogP contribution >= 0.6 is 0 Å². The maximum atomic E-state index is 13.5. The molecular weight excluding hydrogens is 436 g/mol. The summed E-state index contributed by atoms with van der Waals surface area (Å²) >= 11 is 0. The Morgan fingerprint density at radius 3 is 2.61 bits per heavy atom. The highest BCUT2D eigenvalue weighted by atomic mass is 32.2. The fourth-order valence-corrected chi connectivity index (χ4v) is 5.52. The fourth-order valence-electron chi connectivity index (χ4n) is 4.04. The minimum Gasteiger partial charge on any atom is -0.497 e. The van der Waals surface area contributed by atoms with Crippen molar-refractivity contribution in [3.8, 4) is 5.75 Å². The van der Waals surface area contributed by atoms with Crippen molar-refractivity contribution in [1.29, 1.82) is 0 Å². The molecular formula is C26H26N2O4S. The van der Waals surface area contributed by atoms with Crippen molar-refractivity contribution in [2.75, 3.05) is 29.4 Å². The van der Waals surface area contributed by atoms with Crippen LogP contribution in [0.1, 0.15) is 22.3 Å². The summed E-state index contributed by atoms with van der Waals surface area (Å²) in [6.45, 7) is 4.39. The number of methoxy groups -OCH3 is 1. The smallest absolute Gasteiger partial charge is 0.264 e. The summed E-state index contributed by atoms with van der Waals surface area (Å²) in [4.78, 5) is 15.2. The lowest BCUT2D eigenvalue weighted by molar-refractivity contribution is 0.0985. The van der Waals surface area contributed by atoms with Crippen LogP contribution in [0, 0.1) is 0 Å². The van der Waals surface area contributed by atoms with Crippen LogP contribution < -0.4 is 13.9 Å². The highest BCUT2D eigenvalue weighted by molar-refractivity contribution is 7.92. The molecule has 0 atom stereocenters. The van der Waals surface area contributed by atoms with E-state index in [0.29, 0.717) is 17.8 Å². The Morgan fingerprint density at radius 2 is 1.88 bits per heavy atom. The van der Waals surface area contributed by atoms with Crippen LogP contribution in [0.3, 0.4) is 0 Å². The van der Waals surface area contributed by atoms with Gasteiger partial charge in [-0.05, 0) is 66.9 Å². The molecule has 3 aromatic rings. The Bertz CT molecular complexity index is 1270. The van der Waals surface area contributed by atoms with Crippen molar-refractivity contribution in [3.63, 3.8) is 0 Å². The van der Waals surface area contributed by atoms with Gasteiger partial charge in [0.05, 0.1) is 24.2 Å². The molecule has 0 unspecified atom stereocenters. The number of nitrogens with zero attached hydrogens (tertiary/aromatic N) is 2. The number of amides is 1. The van der Waals surface area contributed by atoms with E-state index in [-0.39, 0.29) is 17.3 Å². The maximum Gasteiger partial charge on any atom is 0.264 e. The third-order valence-electron chi connectivity index (χ3n) is 5.66. The highest BCUT2D eigenvalue weighted by Crippen LogP contribution is 2.32. The van der Waals surface area contributed by atoms with E-state index >= 15 is 0 Å². The second-order valence-electron chi connectivity index (χ2n) is 7.74. The molecule has 1 amide bonds. The van der Waals surface area contributed by atoms with Gasteiger partial charge in [0.15, 0.2) is 0 Å². The molecule has 0 spiro atoms. The van der Waals surface area contributed by atoms with Gasteiger partial charge in [0.25, 0.3) is 15.9 Å². The molecule has 0 bridgehead atoms. The Balaban J connectivity index is 1.68. The van der Waals surface area contributed by atoms with Gasteiger partial charge in [-0.1, -0.05) is 30.3 Å². The number of ether oxygens (including phenoxy) is 1. The average Bonchev–Trinajstić information content (AvgIpc) is 2.86. The average molecular weight is 463 g/mol. The quantitative estimate of drug-likeness (QED) is 0.479. The molecule has 0 saturated carbocycles. The number of aryl methyl sites for hydroxylation is 1. The van der Waals surface area contributed by atoms with Crippen molar-refractivity contribution in [1.82, 2.24) is 0 Å². The number of para-hydroxylation sites is 1. The summed E-state index contributed by atoms with van der Waals surface area (Å²) in [6.07, 6.45) is 3.22. The van der Waals surface area contributed by atoms with E-state index in [0.717, 1.165) is 29.8 Å². The Hall–Kier alpha value is -3.58. The minimum atomic E-state index is -3.90. The molecule has 1 aliphatic heterocycles. The van der Waals surface area contributed by atoms with Crippen LogP contribution in [-0.2, 0) is 16.4 Å². The topological polar surface area (TPSA) is 66.9 Å². The minimum absolute atomic E-state index is 0.0611. The van der Waals surface area contributed by atoms with Crippen molar-refractivity contribution in [2.45, 2.75) is 17.7 Å². The van der Waals surface area contributed by atoms with Gasteiger partial charge < -0.3 is 9.64 Å². The number of sulfonamides is 1. The van der Waals surface area contributed by atoms with E-state index in [2.05, 4.69) is 6.58 Å². The van der Waals surface area contributed by atoms with E-state index in [1.54, 1.807) is 54.5 Å². The first-order valence-electron chi connectivity index (χ1n) is 10.7. The van der Waals surface area contributed by atoms with E-state index in [4.69, 9.17) is 4.74 Å². The predicted molar refractivity (Wildman–Crippen MR) is 131 cm³/mol. The number of benzene rings is 3. The van der Waals surface area contributed by atoms with Crippen molar-refractivity contribution < 1.29 is 17.9 Å². The number of anilines is 2. The second-order valence-corrected chi connectivity index (χ2v) is 9.61. The molecule has 0 fully saturated rings. The van der Waals surface area contributed by atoms with Crippen LogP contribution in [0.25, 0.3) is 0 Å². The molecule has 6 nitrogen and oxygen atoms in total. The van der Waals surface area contributed by atoms with E-state index < -0.39 is 10.0 Å². The molecule has 1 heterocycles. The van der Waals surface area contributed by atoms with Crippen LogP contribution in [0.4, 0.5) is 11.4 Å². The maximum absolute atomic E-state index is 13.5. The van der Waals surface area contributed by atoms with Crippen molar-refractivity contribution in [3.05, 3.63) is 96.6 Å². The van der Waals surface area contributed by atoms with Gasteiger partial charge in [-0.3, -0.25) is 9.10 Å². The monoisotopic (exact) mass is 462 g/mol. The van der Waals surface area contributed by atoms with Gasteiger partial charge in [0, 0.05) is 17.8 Å². The Kier molecular flexibility index (Phi) is 6.51. The van der Waals surface area contributed by atoms with Gasteiger partial charge in [-0.15, -0.1) is 6.58 Å². The summed E-state index contributed by atoms with van der Waals surface area (Å²) in [5.41, 5.74) is 2.73. The first kappa shape index (κ1) is 22.6. The molecule has 0 radical (unpaired) electrons. The molecule has 0 saturated heterocycles. The fraction of sp³-hybridized carbons (Fsp3) is 0.192. The lowest BCUT2D eigenvalue weighted by Crippen LogP contribution is -2.36. The number of rotatable bonds is 7. The Labute approximate surface area is 194 Å². The standard InChI is InChI=1S/C26H26N2O4S/c1-3-16-28(22-11-5-4-6-12-22)33(30,31)24-13-7-9-21(19-24)26(29)27-17-8-10-20-18-23(32-2)14-15-25(20)27/h3-7,9,11-15,18-19H,1,8,10,16-17H2,2H3. The summed E-state index contributed by atoms with van der Waals surface area (Å²) in [5, 5.41) is 0. The van der Waals surface area contributed by atoms with Crippen molar-refractivity contribution in [2.24, 2.45) is 0 Å². The normalized spacial score (nSPS) is 13.2.